The highest BCUT2D eigenvalue weighted by Crippen LogP contribution is 2.22. The third-order valence-corrected chi connectivity index (χ3v) is 3.36. The zero-order chi connectivity index (χ0) is 14.3. The van der Waals surface area contributed by atoms with Crippen molar-refractivity contribution < 1.29 is 19.1 Å². The smallest absolute Gasteiger partial charge is 0.371 e. The van der Waals surface area contributed by atoms with Crippen molar-refractivity contribution in [2.45, 2.75) is 52.6 Å². The topological polar surface area (TPSA) is 59.7 Å². The highest BCUT2D eigenvalue weighted by molar-refractivity contribution is 5.84. The Bertz CT molecular complexity index is 383. The van der Waals surface area contributed by atoms with E-state index >= 15 is 0 Å². The summed E-state index contributed by atoms with van der Waals surface area (Å²) in [6.45, 7) is 6.94. The molecule has 108 valence electrons. The van der Waals surface area contributed by atoms with Gasteiger partial charge in [0.1, 0.15) is 11.9 Å². The van der Waals surface area contributed by atoms with Gasteiger partial charge in [0.2, 0.25) is 5.76 Å². The molecular formula is C15H24O4. The van der Waals surface area contributed by atoms with Crippen LogP contribution in [0.5, 0.6) is 0 Å². The average molecular weight is 268 g/mol. The molecule has 0 spiro atoms. The second-order valence-electron chi connectivity index (χ2n) is 4.90. The lowest BCUT2D eigenvalue weighted by atomic mass is 10.0. The predicted molar refractivity (Wildman–Crippen MR) is 73.3 cm³/mol. The Labute approximate surface area is 114 Å². The molecule has 2 unspecified atom stereocenters. The summed E-state index contributed by atoms with van der Waals surface area (Å²) in [5.41, 5.74) is 0. The Balaban J connectivity index is 2.44. The first kappa shape index (κ1) is 15.8. The molecule has 0 amide bonds. The fourth-order valence-electron chi connectivity index (χ4n) is 1.95. The van der Waals surface area contributed by atoms with Crippen molar-refractivity contribution in [3.05, 3.63) is 23.7 Å². The van der Waals surface area contributed by atoms with Crippen molar-refractivity contribution in [1.82, 2.24) is 0 Å². The van der Waals surface area contributed by atoms with Crippen LogP contribution in [0.3, 0.4) is 0 Å². The van der Waals surface area contributed by atoms with Gasteiger partial charge in [0.15, 0.2) is 0 Å². The fraction of sp³-hybridized carbons (Fsp3) is 0.667. The van der Waals surface area contributed by atoms with Crippen molar-refractivity contribution in [2.75, 3.05) is 6.61 Å². The van der Waals surface area contributed by atoms with E-state index in [-0.39, 0.29) is 11.9 Å². The Hall–Kier alpha value is -1.29. The largest absolute Gasteiger partial charge is 0.475 e. The number of hydrogen-bond donors (Lipinski definition) is 1. The van der Waals surface area contributed by atoms with E-state index < -0.39 is 5.97 Å². The van der Waals surface area contributed by atoms with Crippen LogP contribution in [0.4, 0.5) is 0 Å². The number of rotatable bonds is 9. The zero-order valence-corrected chi connectivity index (χ0v) is 12.0. The van der Waals surface area contributed by atoms with Gasteiger partial charge in [-0.25, -0.2) is 4.79 Å². The first-order valence-corrected chi connectivity index (χ1v) is 7.03. The lowest BCUT2D eigenvalue weighted by Crippen LogP contribution is -2.11. The number of ether oxygens (including phenoxy) is 1. The fourth-order valence-corrected chi connectivity index (χ4v) is 1.95. The normalized spacial score (nSPS) is 14.3. The van der Waals surface area contributed by atoms with Crippen LogP contribution >= 0.6 is 0 Å². The van der Waals surface area contributed by atoms with Crippen LogP contribution in [0.25, 0.3) is 0 Å². The molecule has 0 aromatic carbocycles. The molecule has 0 saturated carbocycles. The number of hydrogen-bond acceptors (Lipinski definition) is 3. The minimum absolute atomic E-state index is 0.0384. The third kappa shape index (κ3) is 5.07. The van der Waals surface area contributed by atoms with Gasteiger partial charge in [-0.1, -0.05) is 33.1 Å². The maximum Gasteiger partial charge on any atom is 0.371 e. The van der Waals surface area contributed by atoms with E-state index in [0.717, 1.165) is 6.42 Å². The van der Waals surface area contributed by atoms with Gasteiger partial charge < -0.3 is 14.3 Å². The first-order valence-electron chi connectivity index (χ1n) is 7.03. The molecule has 1 N–H and O–H groups in total. The van der Waals surface area contributed by atoms with Gasteiger partial charge >= 0.3 is 5.97 Å². The molecule has 19 heavy (non-hydrogen) atoms. The Morgan fingerprint density at radius 2 is 2.16 bits per heavy atom. The van der Waals surface area contributed by atoms with Crippen LogP contribution in [0.15, 0.2) is 16.5 Å². The van der Waals surface area contributed by atoms with Crippen LogP contribution < -0.4 is 0 Å². The summed E-state index contributed by atoms with van der Waals surface area (Å²) in [7, 11) is 0. The number of aromatic carboxylic acids is 1. The number of unbranched alkanes of at least 4 members (excludes halogenated alkanes) is 1. The van der Waals surface area contributed by atoms with Crippen molar-refractivity contribution in [3.63, 3.8) is 0 Å². The van der Waals surface area contributed by atoms with E-state index in [1.165, 1.54) is 25.3 Å². The van der Waals surface area contributed by atoms with E-state index in [1.54, 1.807) is 6.07 Å². The van der Waals surface area contributed by atoms with Gasteiger partial charge in [0.05, 0.1) is 6.61 Å². The molecular weight excluding hydrogens is 244 g/mol. The summed E-state index contributed by atoms with van der Waals surface area (Å²) in [4.78, 5) is 10.7. The minimum Gasteiger partial charge on any atom is -0.475 e. The van der Waals surface area contributed by atoms with Gasteiger partial charge in [-0.3, -0.25) is 0 Å². The van der Waals surface area contributed by atoms with Crippen LogP contribution in [0.2, 0.25) is 0 Å². The number of carboxylic acid groups (broad SMARTS) is 1. The molecule has 0 aliphatic carbocycles. The van der Waals surface area contributed by atoms with Gasteiger partial charge in [0, 0.05) is 0 Å². The van der Waals surface area contributed by atoms with E-state index in [0.29, 0.717) is 18.3 Å². The summed E-state index contributed by atoms with van der Waals surface area (Å²) in [6.07, 6.45) is 4.50. The highest BCUT2D eigenvalue weighted by atomic mass is 16.5. The lowest BCUT2D eigenvalue weighted by molar-refractivity contribution is 0.0224. The Kier molecular flexibility index (Phi) is 6.64. The number of furan rings is 1. The number of carboxylic acids is 1. The number of carbonyl (C=O) groups is 1. The second-order valence-corrected chi connectivity index (χ2v) is 4.90. The van der Waals surface area contributed by atoms with Crippen molar-refractivity contribution in [1.29, 1.82) is 0 Å². The zero-order valence-electron chi connectivity index (χ0n) is 12.0. The minimum atomic E-state index is -1.05. The van der Waals surface area contributed by atoms with Crippen LogP contribution in [-0.4, -0.2) is 17.7 Å². The molecule has 1 rings (SSSR count). The third-order valence-electron chi connectivity index (χ3n) is 3.36. The molecule has 0 fully saturated rings. The summed E-state index contributed by atoms with van der Waals surface area (Å²) >= 11 is 0. The average Bonchev–Trinajstić information content (AvgIpc) is 2.88. The molecule has 0 aliphatic rings. The quantitative estimate of drug-likeness (QED) is 0.726. The summed E-state index contributed by atoms with van der Waals surface area (Å²) in [6, 6.07) is 3.13. The Morgan fingerprint density at radius 3 is 2.68 bits per heavy atom. The predicted octanol–water partition coefficient (Wildman–Crippen LogP) is 4.27. The van der Waals surface area contributed by atoms with Gasteiger partial charge in [-0.15, -0.1) is 0 Å². The molecule has 0 bridgehead atoms. The molecule has 4 nitrogen and oxygen atoms in total. The second kappa shape index (κ2) is 8.00. The maximum atomic E-state index is 10.7. The van der Waals surface area contributed by atoms with Crippen LogP contribution in [0.1, 0.15) is 68.9 Å². The van der Waals surface area contributed by atoms with E-state index in [1.807, 2.05) is 6.92 Å². The van der Waals surface area contributed by atoms with Crippen molar-refractivity contribution >= 4 is 5.97 Å². The van der Waals surface area contributed by atoms with Crippen LogP contribution in [-0.2, 0) is 4.74 Å². The first-order chi connectivity index (χ1) is 9.08. The van der Waals surface area contributed by atoms with Gasteiger partial charge in [-0.2, -0.15) is 0 Å². The van der Waals surface area contributed by atoms with Gasteiger partial charge in [0.25, 0.3) is 0 Å². The molecule has 0 aliphatic heterocycles. The van der Waals surface area contributed by atoms with Crippen molar-refractivity contribution in [3.8, 4) is 0 Å². The summed E-state index contributed by atoms with van der Waals surface area (Å²) in [5.74, 6) is 0.0513. The molecule has 0 saturated heterocycles. The standard InChI is InChI=1S/C15H24O4/c1-4-6-7-12(5-2)10-18-11(3)13-8-9-14(19-13)15(16)17/h8-9,11-12H,4-7,10H2,1-3H3,(H,16,17). The summed E-state index contributed by atoms with van der Waals surface area (Å²) in [5, 5.41) is 8.80. The molecule has 4 heteroatoms. The monoisotopic (exact) mass is 268 g/mol. The van der Waals surface area contributed by atoms with Gasteiger partial charge in [-0.05, 0) is 31.4 Å². The van der Waals surface area contributed by atoms with Crippen LogP contribution in [0, 0.1) is 5.92 Å². The molecule has 1 aromatic heterocycles. The highest BCUT2D eigenvalue weighted by Gasteiger charge is 2.16. The summed E-state index contributed by atoms with van der Waals surface area (Å²) < 4.78 is 11.0. The molecule has 0 radical (unpaired) electrons. The lowest BCUT2D eigenvalue weighted by Gasteiger charge is -2.17. The molecule has 2 atom stereocenters. The Morgan fingerprint density at radius 1 is 1.42 bits per heavy atom. The maximum absolute atomic E-state index is 10.7. The van der Waals surface area contributed by atoms with E-state index in [2.05, 4.69) is 13.8 Å². The van der Waals surface area contributed by atoms with E-state index in [4.69, 9.17) is 14.3 Å². The molecule has 1 aromatic rings. The van der Waals surface area contributed by atoms with Crippen molar-refractivity contribution in [2.24, 2.45) is 5.92 Å². The SMILES string of the molecule is CCCCC(CC)COC(C)c1ccc(C(=O)O)o1. The van der Waals surface area contributed by atoms with E-state index in [9.17, 15) is 4.79 Å². The molecule has 1 heterocycles.